The highest BCUT2D eigenvalue weighted by Gasteiger charge is 2.05. The van der Waals surface area contributed by atoms with Gasteiger partial charge in [-0.25, -0.2) is 4.98 Å². The molecule has 4 nitrogen and oxygen atoms in total. The molecular formula is C16H23N3O. The molecule has 0 amide bonds. The zero-order valence-electron chi connectivity index (χ0n) is 12.2. The molecule has 0 saturated carbocycles. The molecule has 0 bridgehead atoms. The summed E-state index contributed by atoms with van der Waals surface area (Å²) in [5, 5.41) is 12.8. The highest BCUT2D eigenvalue weighted by molar-refractivity contribution is 5.34. The summed E-state index contributed by atoms with van der Waals surface area (Å²) in [6.07, 6.45) is 6.13. The third kappa shape index (κ3) is 4.47. The van der Waals surface area contributed by atoms with Gasteiger partial charge in [-0.1, -0.05) is 19.1 Å². The molecule has 0 aliphatic heterocycles. The van der Waals surface area contributed by atoms with Crippen molar-refractivity contribution in [1.82, 2.24) is 14.9 Å². The van der Waals surface area contributed by atoms with E-state index >= 15 is 0 Å². The Balaban J connectivity index is 1.79. The van der Waals surface area contributed by atoms with Gasteiger partial charge in [0.25, 0.3) is 0 Å². The monoisotopic (exact) mass is 273 g/mol. The van der Waals surface area contributed by atoms with E-state index in [2.05, 4.69) is 41.5 Å². The molecule has 1 aromatic heterocycles. The molecule has 2 rings (SSSR count). The first-order valence-corrected chi connectivity index (χ1v) is 7.11. The maximum Gasteiger partial charge on any atom is 0.0991 e. The van der Waals surface area contributed by atoms with Crippen LogP contribution in [0.25, 0.3) is 5.69 Å². The lowest BCUT2D eigenvalue weighted by Crippen LogP contribution is -2.23. The highest BCUT2D eigenvalue weighted by atomic mass is 16.3. The van der Waals surface area contributed by atoms with E-state index in [1.54, 1.807) is 12.5 Å². The Morgan fingerprint density at radius 2 is 2.00 bits per heavy atom. The number of rotatable bonds is 7. The standard InChI is InChI=1S/C16H23N3O/c1-13(9-14(2)20)10-18-11-15-3-5-16(6-4-15)19-8-7-17-12-19/h3-8,12-14,18,20H,9-11H2,1-2H3. The molecule has 1 aromatic carbocycles. The minimum atomic E-state index is -0.221. The van der Waals surface area contributed by atoms with E-state index in [9.17, 15) is 5.11 Å². The minimum Gasteiger partial charge on any atom is -0.393 e. The van der Waals surface area contributed by atoms with E-state index in [-0.39, 0.29) is 6.10 Å². The summed E-state index contributed by atoms with van der Waals surface area (Å²) in [5.74, 6) is 0.486. The van der Waals surface area contributed by atoms with Crippen LogP contribution in [0.4, 0.5) is 0 Å². The topological polar surface area (TPSA) is 50.1 Å². The summed E-state index contributed by atoms with van der Waals surface area (Å²) >= 11 is 0. The van der Waals surface area contributed by atoms with Crippen LogP contribution in [0.3, 0.4) is 0 Å². The van der Waals surface area contributed by atoms with E-state index in [1.165, 1.54) is 5.56 Å². The number of imidazole rings is 1. The highest BCUT2D eigenvalue weighted by Crippen LogP contribution is 2.09. The predicted octanol–water partition coefficient (Wildman–Crippen LogP) is 2.37. The fraction of sp³-hybridized carbons (Fsp3) is 0.438. The number of hydrogen-bond acceptors (Lipinski definition) is 3. The molecule has 0 aliphatic carbocycles. The summed E-state index contributed by atoms with van der Waals surface area (Å²) in [5.41, 5.74) is 2.38. The molecule has 2 unspecified atom stereocenters. The lowest BCUT2D eigenvalue weighted by molar-refractivity contribution is 0.163. The number of aromatic nitrogens is 2. The second-order valence-corrected chi connectivity index (χ2v) is 5.46. The van der Waals surface area contributed by atoms with Crippen LogP contribution in [0.2, 0.25) is 0 Å². The molecule has 1 heterocycles. The molecule has 2 atom stereocenters. The van der Waals surface area contributed by atoms with E-state index in [0.717, 1.165) is 25.2 Å². The Morgan fingerprint density at radius 3 is 2.60 bits per heavy atom. The van der Waals surface area contributed by atoms with Crippen molar-refractivity contribution in [2.45, 2.75) is 32.9 Å². The van der Waals surface area contributed by atoms with E-state index < -0.39 is 0 Å². The largest absolute Gasteiger partial charge is 0.393 e. The SMILES string of the molecule is CC(O)CC(C)CNCc1ccc(-n2ccnc2)cc1. The first kappa shape index (κ1) is 14.8. The third-order valence-corrected chi connectivity index (χ3v) is 3.30. The smallest absolute Gasteiger partial charge is 0.0991 e. The first-order valence-electron chi connectivity index (χ1n) is 7.11. The Morgan fingerprint density at radius 1 is 1.25 bits per heavy atom. The maximum atomic E-state index is 9.32. The van der Waals surface area contributed by atoms with Gasteiger partial charge in [0.15, 0.2) is 0 Å². The fourth-order valence-corrected chi connectivity index (χ4v) is 2.33. The summed E-state index contributed by atoms with van der Waals surface area (Å²) in [4.78, 5) is 4.04. The molecule has 2 aromatic rings. The van der Waals surface area contributed by atoms with E-state index in [4.69, 9.17) is 0 Å². The van der Waals surface area contributed by atoms with Crippen molar-refractivity contribution >= 4 is 0 Å². The molecule has 0 fully saturated rings. The Labute approximate surface area is 120 Å². The van der Waals surface area contributed by atoms with Gasteiger partial charge >= 0.3 is 0 Å². The molecule has 20 heavy (non-hydrogen) atoms. The van der Waals surface area contributed by atoms with Crippen LogP contribution in [0.1, 0.15) is 25.8 Å². The number of nitrogens with one attached hydrogen (secondary N) is 1. The van der Waals surface area contributed by atoms with Crippen molar-refractivity contribution in [3.63, 3.8) is 0 Å². The number of aliphatic hydroxyl groups excluding tert-OH is 1. The molecule has 0 saturated heterocycles. The van der Waals surface area contributed by atoms with Crippen molar-refractivity contribution in [3.05, 3.63) is 48.5 Å². The molecule has 4 heteroatoms. The van der Waals surface area contributed by atoms with Gasteiger partial charge in [-0.05, 0) is 43.5 Å². The van der Waals surface area contributed by atoms with Crippen molar-refractivity contribution in [1.29, 1.82) is 0 Å². The molecule has 0 aliphatic rings. The zero-order chi connectivity index (χ0) is 14.4. The first-order chi connectivity index (χ1) is 9.65. The quantitative estimate of drug-likeness (QED) is 0.814. The van der Waals surface area contributed by atoms with Gasteiger partial charge in [0.2, 0.25) is 0 Å². The van der Waals surface area contributed by atoms with Crippen LogP contribution in [0.15, 0.2) is 43.0 Å². The van der Waals surface area contributed by atoms with Crippen LogP contribution in [0.5, 0.6) is 0 Å². The summed E-state index contributed by atoms with van der Waals surface area (Å²) < 4.78 is 1.99. The second kappa shape index (κ2) is 7.22. The molecule has 0 spiro atoms. The van der Waals surface area contributed by atoms with Gasteiger partial charge in [0.05, 0.1) is 12.4 Å². The van der Waals surface area contributed by atoms with Crippen LogP contribution in [0, 0.1) is 5.92 Å². The summed E-state index contributed by atoms with van der Waals surface area (Å²) in [7, 11) is 0. The van der Waals surface area contributed by atoms with Crippen LogP contribution >= 0.6 is 0 Å². The van der Waals surface area contributed by atoms with Crippen LogP contribution in [-0.2, 0) is 6.54 Å². The van der Waals surface area contributed by atoms with Gasteiger partial charge in [0, 0.05) is 24.6 Å². The molecule has 0 radical (unpaired) electrons. The van der Waals surface area contributed by atoms with Gasteiger partial charge in [0.1, 0.15) is 0 Å². The number of nitrogens with zero attached hydrogens (tertiary/aromatic N) is 2. The fourth-order valence-electron chi connectivity index (χ4n) is 2.33. The third-order valence-electron chi connectivity index (χ3n) is 3.30. The average Bonchev–Trinajstić information content (AvgIpc) is 2.92. The van der Waals surface area contributed by atoms with Crippen molar-refractivity contribution < 1.29 is 5.11 Å². The zero-order valence-corrected chi connectivity index (χ0v) is 12.2. The Kier molecular flexibility index (Phi) is 5.32. The Hall–Kier alpha value is -1.65. The van der Waals surface area contributed by atoms with Crippen molar-refractivity contribution in [2.24, 2.45) is 5.92 Å². The number of hydrogen-bond donors (Lipinski definition) is 2. The van der Waals surface area contributed by atoms with Gasteiger partial charge in [-0.3, -0.25) is 0 Å². The predicted molar refractivity (Wildman–Crippen MR) is 80.7 cm³/mol. The van der Waals surface area contributed by atoms with Crippen LogP contribution < -0.4 is 5.32 Å². The minimum absolute atomic E-state index is 0.221. The maximum absolute atomic E-state index is 9.32. The average molecular weight is 273 g/mol. The summed E-state index contributed by atoms with van der Waals surface area (Å²) in [6.45, 7) is 5.77. The van der Waals surface area contributed by atoms with Gasteiger partial charge in [-0.2, -0.15) is 0 Å². The number of aliphatic hydroxyl groups is 1. The Bertz CT molecular complexity index is 491. The number of benzene rings is 1. The van der Waals surface area contributed by atoms with Crippen LogP contribution in [-0.4, -0.2) is 27.3 Å². The van der Waals surface area contributed by atoms with Gasteiger partial charge < -0.3 is 15.0 Å². The lowest BCUT2D eigenvalue weighted by Gasteiger charge is -2.14. The van der Waals surface area contributed by atoms with E-state index in [0.29, 0.717) is 5.92 Å². The van der Waals surface area contributed by atoms with Gasteiger partial charge in [-0.15, -0.1) is 0 Å². The lowest BCUT2D eigenvalue weighted by atomic mass is 10.0. The van der Waals surface area contributed by atoms with E-state index in [1.807, 2.05) is 17.7 Å². The molecular weight excluding hydrogens is 250 g/mol. The molecule has 2 N–H and O–H groups in total. The van der Waals surface area contributed by atoms with Crippen molar-refractivity contribution in [2.75, 3.05) is 6.54 Å². The normalized spacial score (nSPS) is 14.2. The molecule has 108 valence electrons. The second-order valence-electron chi connectivity index (χ2n) is 5.46. The summed E-state index contributed by atoms with van der Waals surface area (Å²) in [6, 6.07) is 8.44. The van der Waals surface area contributed by atoms with Crippen molar-refractivity contribution in [3.8, 4) is 5.69 Å².